The van der Waals surface area contributed by atoms with Gasteiger partial charge in [0.15, 0.2) is 0 Å². The predicted molar refractivity (Wildman–Crippen MR) is 54.6 cm³/mol. The van der Waals surface area contributed by atoms with Crippen LogP contribution >= 0.6 is 19.5 Å². The second-order valence-electron chi connectivity index (χ2n) is 2.89. The molecule has 0 saturated carbocycles. The van der Waals surface area contributed by atoms with Crippen LogP contribution < -0.4 is 0 Å². The Morgan fingerprint density at radius 1 is 1.36 bits per heavy atom. The standard InChI is InChI=1S/C8H11ClNO3P/c1-7(10(9)14(11,12)13)8-5-3-2-4-6-8/h2-7H,1H3,(H2,11,12,13). The van der Waals surface area contributed by atoms with E-state index in [-0.39, 0.29) is 0 Å². The number of rotatable bonds is 3. The maximum atomic E-state index is 10.8. The molecule has 0 bridgehead atoms. The molecule has 0 aliphatic heterocycles. The van der Waals surface area contributed by atoms with Gasteiger partial charge in [0.05, 0.1) is 6.04 Å². The highest BCUT2D eigenvalue weighted by Gasteiger charge is 2.29. The fraction of sp³-hybridized carbons (Fsp3) is 0.250. The fourth-order valence-corrected chi connectivity index (χ4v) is 1.78. The van der Waals surface area contributed by atoms with Gasteiger partial charge in [-0.15, -0.1) is 4.19 Å². The molecule has 0 saturated heterocycles. The molecule has 0 aliphatic rings. The minimum atomic E-state index is -4.38. The van der Waals surface area contributed by atoms with Crippen molar-refractivity contribution in [3.63, 3.8) is 0 Å². The van der Waals surface area contributed by atoms with E-state index in [9.17, 15) is 4.57 Å². The first-order valence-corrected chi connectivity index (χ1v) is 5.89. The predicted octanol–water partition coefficient (Wildman–Crippen LogP) is 2.30. The van der Waals surface area contributed by atoms with E-state index in [0.717, 1.165) is 5.56 Å². The third-order valence-corrected chi connectivity index (χ3v) is 3.58. The third-order valence-electron chi connectivity index (χ3n) is 1.85. The van der Waals surface area contributed by atoms with Gasteiger partial charge in [0.2, 0.25) is 0 Å². The highest BCUT2D eigenvalue weighted by atomic mass is 35.5. The Labute approximate surface area is 87.4 Å². The quantitative estimate of drug-likeness (QED) is 0.623. The van der Waals surface area contributed by atoms with Gasteiger partial charge in [-0.25, -0.2) is 4.57 Å². The molecule has 0 spiro atoms. The van der Waals surface area contributed by atoms with Gasteiger partial charge in [0, 0.05) is 0 Å². The van der Waals surface area contributed by atoms with Gasteiger partial charge in [-0.2, -0.15) is 0 Å². The van der Waals surface area contributed by atoms with Crippen molar-refractivity contribution in [1.82, 2.24) is 4.19 Å². The molecule has 0 radical (unpaired) electrons. The van der Waals surface area contributed by atoms with Crippen LogP contribution in [0.25, 0.3) is 0 Å². The van der Waals surface area contributed by atoms with Crippen molar-refractivity contribution in [3.8, 4) is 0 Å². The van der Waals surface area contributed by atoms with E-state index in [1.807, 2.05) is 6.07 Å². The fourth-order valence-electron chi connectivity index (χ4n) is 1.08. The molecule has 4 nitrogen and oxygen atoms in total. The molecule has 1 unspecified atom stereocenters. The summed E-state index contributed by atoms with van der Waals surface area (Å²) in [5.41, 5.74) is 0.755. The summed E-state index contributed by atoms with van der Waals surface area (Å²) in [5.74, 6) is 0. The van der Waals surface area contributed by atoms with E-state index in [4.69, 9.17) is 21.6 Å². The molecule has 1 rings (SSSR count). The van der Waals surface area contributed by atoms with Gasteiger partial charge in [-0.1, -0.05) is 30.3 Å². The van der Waals surface area contributed by atoms with Gasteiger partial charge in [-0.05, 0) is 24.3 Å². The van der Waals surface area contributed by atoms with Gasteiger partial charge in [-0.3, -0.25) is 0 Å². The van der Waals surface area contributed by atoms with Gasteiger partial charge >= 0.3 is 7.75 Å². The lowest BCUT2D eigenvalue weighted by atomic mass is 10.1. The van der Waals surface area contributed by atoms with Crippen molar-refractivity contribution >= 4 is 19.5 Å². The summed E-state index contributed by atoms with van der Waals surface area (Å²) in [6.07, 6.45) is 0. The van der Waals surface area contributed by atoms with E-state index in [1.54, 1.807) is 31.2 Å². The zero-order chi connectivity index (χ0) is 10.8. The van der Waals surface area contributed by atoms with E-state index >= 15 is 0 Å². The summed E-state index contributed by atoms with van der Waals surface area (Å²) >= 11 is 5.51. The average Bonchev–Trinajstić information content (AvgIpc) is 2.15. The van der Waals surface area contributed by atoms with Gasteiger partial charge < -0.3 is 9.79 Å². The van der Waals surface area contributed by atoms with Crippen molar-refractivity contribution in [2.45, 2.75) is 13.0 Å². The zero-order valence-electron chi connectivity index (χ0n) is 7.54. The van der Waals surface area contributed by atoms with E-state index in [0.29, 0.717) is 4.19 Å². The van der Waals surface area contributed by atoms with Crippen LogP contribution in [0, 0.1) is 0 Å². The summed E-state index contributed by atoms with van der Waals surface area (Å²) in [6.45, 7) is 1.63. The molecule has 78 valence electrons. The lowest BCUT2D eigenvalue weighted by Crippen LogP contribution is -2.13. The molecule has 0 amide bonds. The van der Waals surface area contributed by atoms with Crippen LogP contribution in [0.2, 0.25) is 0 Å². The van der Waals surface area contributed by atoms with Crippen LogP contribution in [-0.4, -0.2) is 14.0 Å². The Morgan fingerprint density at radius 2 is 1.86 bits per heavy atom. The number of benzene rings is 1. The molecule has 0 aromatic heterocycles. The summed E-state index contributed by atoms with van der Waals surface area (Å²) in [7, 11) is -4.38. The van der Waals surface area contributed by atoms with Crippen LogP contribution in [-0.2, 0) is 4.57 Å². The Bertz CT molecular complexity index is 340. The van der Waals surface area contributed by atoms with Crippen molar-refractivity contribution in [3.05, 3.63) is 35.9 Å². The Balaban J connectivity index is 2.87. The normalized spacial score (nSPS) is 14.4. The average molecular weight is 236 g/mol. The molecular weight excluding hydrogens is 225 g/mol. The summed E-state index contributed by atoms with van der Waals surface area (Å²) in [6, 6.07) is 8.39. The highest BCUT2D eigenvalue weighted by Crippen LogP contribution is 2.47. The molecule has 0 aliphatic carbocycles. The molecule has 6 heteroatoms. The third kappa shape index (κ3) is 2.80. The van der Waals surface area contributed by atoms with Crippen molar-refractivity contribution < 1.29 is 14.4 Å². The summed E-state index contributed by atoms with van der Waals surface area (Å²) < 4.78 is 11.4. The number of hydrogen-bond donors (Lipinski definition) is 2. The molecule has 0 heterocycles. The second kappa shape index (κ2) is 4.43. The Morgan fingerprint density at radius 3 is 2.29 bits per heavy atom. The Hall–Kier alpha value is -0.380. The van der Waals surface area contributed by atoms with Gasteiger partial charge in [0.25, 0.3) is 0 Å². The van der Waals surface area contributed by atoms with Gasteiger partial charge in [0.1, 0.15) is 0 Å². The maximum absolute atomic E-state index is 10.8. The summed E-state index contributed by atoms with van der Waals surface area (Å²) in [5, 5.41) is 0. The van der Waals surface area contributed by atoms with Crippen molar-refractivity contribution in [1.29, 1.82) is 0 Å². The molecule has 1 aromatic rings. The smallest absolute Gasteiger partial charge is 0.312 e. The number of nitrogens with zero attached hydrogens (tertiary/aromatic N) is 1. The lowest BCUT2D eigenvalue weighted by Gasteiger charge is -2.22. The Kier molecular flexibility index (Phi) is 3.70. The first-order valence-electron chi connectivity index (χ1n) is 3.99. The lowest BCUT2D eigenvalue weighted by molar-refractivity contribution is 0.304. The van der Waals surface area contributed by atoms with Crippen LogP contribution in [0.15, 0.2) is 30.3 Å². The minimum Gasteiger partial charge on any atom is -0.312 e. The molecule has 2 N–H and O–H groups in total. The minimum absolute atomic E-state index is 0.529. The first-order chi connectivity index (χ1) is 6.43. The molecule has 0 fully saturated rings. The number of hydrogen-bond acceptors (Lipinski definition) is 1. The highest BCUT2D eigenvalue weighted by molar-refractivity contribution is 7.50. The van der Waals surface area contributed by atoms with Crippen LogP contribution in [0.1, 0.15) is 18.5 Å². The molecule has 1 aromatic carbocycles. The summed E-state index contributed by atoms with van der Waals surface area (Å²) in [4.78, 5) is 17.6. The number of halogens is 1. The topological polar surface area (TPSA) is 60.8 Å². The van der Waals surface area contributed by atoms with Crippen LogP contribution in [0.3, 0.4) is 0 Å². The maximum Gasteiger partial charge on any atom is 0.417 e. The van der Waals surface area contributed by atoms with Crippen LogP contribution in [0.5, 0.6) is 0 Å². The first kappa shape index (κ1) is 11.7. The van der Waals surface area contributed by atoms with Crippen LogP contribution in [0.4, 0.5) is 0 Å². The largest absolute Gasteiger partial charge is 0.417 e. The zero-order valence-corrected chi connectivity index (χ0v) is 9.19. The molecule has 1 atom stereocenters. The SMILES string of the molecule is CC(c1ccccc1)N(Cl)P(=O)(O)O. The van der Waals surface area contributed by atoms with Crippen molar-refractivity contribution in [2.75, 3.05) is 0 Å². The van der Waals surface area contributed by atoms with E-state index in [1.165, 1.54) is 0 Å². The molecule has 14 heavy (non-hydrogen) atoms. The van der Waals surface area contributed by atoms with Crippen molar-refractivity contribution in [2.24, 2.45) is 0 Å². The van der Waals surface area contributed by atoms with E-state index in [2.05, 4.69) is 0 Å². The van der Waals surface area contributed by atoms with E-state index < -0.39 is 13.8 Å². The molecular formula is C8H11ClNO3P. The second-order valence-corrected chi connectivity index (χ2v) is 4.95. The monoisotopic (exact) mass is 235 g/mol.